The van der Waals surface area contributed by atoms with Crippen molar-refractivity contribution in [3.05, 3.63) is 86.0 Å². The van der Waals surface area contributed by atoms with E-state index in [0.717, 1.165) is 97.5 Å². The van der Waals surface area contributed by atoms with Crippen LogP contribution in [0.5, 0.6) is 0 Å². The molecule has 0 aromatic heterocycles. The molecule has 0 amide bonds. The molecule has 0 saturated carbocycles. The van der Waals surface area contributed by atoms with Crippen LogP contribution >= 0.6 is 0 Å². The summed E-state index contributed by atoms with van der Waals surface area (Å²) in [5.41, 5.74) is 26.2. The van der Waals surface area contributed by atoms with Gasteiger partial charge in [0.25, 0.3) is 0 Å². The van der Waals surface area contributed by atoms with E-state index in [-0.39, 0.29) is 0 Å². The molecule has 1 aliphatic rings. The summed E-state index contributed by atoms with van der Waals surface area (Å²) >= 11 is 0.968. The van der Waals surface area contributed by atoms with Gasteiger partial charge in [0.1, 0.15) is 0 Å². The van der Waals surface area contributed by atoms with Crippen molar-refractivity contribution in [2.24, 2.45) is 0 Å². The van der Waals surface area contributed by atoms with E-state index in [9.17, 15) is 5.53 Å². The summed E-state index contributed by atoms with van der Waals surface area (Å²) in [5.74, 6) is 0. The SMILES string of the molecule is CCCCC1=C(c2cc(CCCC)c(C)c(CCCC)c2)[N+](=[N-])C(c2cc(CCCC)c(C)c(CCCC)c2)=C1.CCCC[O][Ni][O]CCCC. The van der Waals surface area contributed by atoms with E-state index in [1.54, 1.807) is 4.70 Å². The summed E-state index contributed by atoms with van der Waals surface area (Å²) in [6.45, 7) is 21.9. The van der Waals surface area contributed by atoms with Crippen molar-refractivity contribution in [3.8, 4) is 0 Å². The van der Waals surface area contributed by atoms with Crippen molar-refractivity contribution in [2.75, 3.05) is 13.2 Å². The Morgan fingerprint density at radius 2 is 0.863 bits per heavy atom. The number of hydrogen-bond donors (Lipinski definition) is 0. The zero-order chi connectivity index (χ0) is 37.4. The van der Waals surface area contributed by atoms with Gasteiger partial charge in [-0.05, 0) is 136 Å². The number of nitrogens with zero attached hydrogens (tertiary/aromatic N) is 2. The average molecular weight is 746 g/mol. The van der Waals surface area contributed by atoms with Gasteiger partial charge in [-0.25, -0.2) is 4.70 Å². The van der Waals surface area contributed by atoms with E-state index < -0.39 is 0 Å². The Morgan fingerprint density at radius 1 is 0.510 bits per heavy atom. The Morgan fingerprint density at radius 3 is 1.24 bits per heavy atom. The van der Waals surface area contributed by atoms with Gasteiger partial charge in [0.2, 0.25) is 11.4 Å². The molecule has 1 heterocycles. The van der Waals surface area contributed by atoms with Gasteiger partial charge < -0.3 is 5.53 Å². The first-order chi connectivity index (χ1) is 24.8. The normalized spacial score (nSPS) is 12.9. The van der Waals surface area contributed by atoms with Crippen molar-refractivity contribution in [1.29, 1.82) is 0 Å². The number of allylic oxidation sites excluding steroid dienone is 2. The summed E-state index contributed by atoms with van der Waals surface area (Å²) in [6.07, 6.45) is 24.2. The summed E-state index contributed by atoms with van der Waals surface area (Å²) in [4.78, 5) is 0. The molecular weight excluding hydrogens is 671 g/mol. The van der Waals surface area contributed by atoms with Crippen molar-refractivity contribution in [1.82, 2.24) is 0 Å². The van der Waals surface area contributed by atoms with Crippen LogP contribution in [0.1, 0.15) is 189 Å². The van der Waals surface area contributed by atoms with Crippen LogP contribution < -0.4 is 0 Å². The van der Waals surface area contributed by atoms with Gasteiger partial charge in [0.05, 0.1) is 0 Å². The molecule has 4 nitrogen and oxygen atoms in total. The van der Waals surface area contributed by atoms with E-state index in [0.29, 0.717) is 0 Å². The first-order valence-electron chi connectivity index (χ1n) is 20.8. The van der Waals surface area contributed by atoms with E-state index in [2.05, 4.69) is 92.7 Å². The van der Waals surface area contributed by atoms with Crippen molar-refractivity contribution in [2.45, 2.75) is 184 Å². The van der Waals surface area contributed by atoms with Crippen molar-refractivity contribution in [3.63, 3.8) is 0 Å². The second-order valence-corrected chi connectivity index (χ2v) is 15.2. The molecule has 290 valence electrons. The minimum atomic E-state index is 0.808. The zero-order valence-electron chi connectivity index (χ0n) is 34.3. The molecule has 0 radical (unpaired) electrons. The summed E-state index contributed by atoms with van der Waals surface area (Å²) in [7, 11) is 0. The van der Waals surface area contributed by atoms with Crippen LogP contribution in [-0.2, 0) is 48.5 Å². The minimum absolute atomic E-state index is 0.808. The van der Waals surface area contributed by atoms with Crippen LogP contribution in [-0.4, -0.2) is 17.9 Å². The standard InChI is InChI=1S/C38H56N2.2C4H9O.Ni/c1-8-13-18-30-23-35(24-31(28(30)6)19-14-9-2)37-27-34(22-17-12-5)38(40(37)39)36-25-32(20-15-10-3)29(7)33(26-36)21-16-11-4;2*1-2-3-4-5;/h23-27H,8-22H2,1-7H3;2*2-4H2,1H3;/q;2*-1;+2. The number of benzene rings is 2. The summed E-state index contributed by atoms with van der Waals surface area (Å²) in [6, 6.07) is 9.50. The molecule has 5 heteroatoms. The summed E-state index contributed by atoms with van der Waals surface area (Å²) < 4.78 is 11.8. The molecule has 0 unspecified atom stereocenters. The first kappa shape index (κ1) is 45.1. The summed E-state index contributed by atoms with van der Waals surface area (Å²) in [5, 5.41) is 0. The van der Waals surface area contributed by atoms with Crippen LogP contribution in [0.15, 0.2) is 35.9 Å². The van der Waals surface area contributed by atoms with Gasteiger partial charge in [0.15, 0.2) is 0 Å². The molecule has 0 atom stereocenters. The molecule has 0 saturated heterocycles. The van der Waals surface area contributed by atoms with Gasteiger partial charge in [-0.1, -0.05) is 66.7 Å². The quantitative estimate of drug-likeness (QED) is 0.0577. The third-order valence-corrected chi connectivity index (χ3v) is 10.7. The van der Waals surface area contributed by atoms with Gasteiger partial charge in [-0.2, -0.15) is 0 Å². The molecule has 0 N–H and O–H groups in total. The third-order valence-electron chi connectivity index (χ3n) is 10.1. The maximum atomic E-state index is 11.9. The van der Waals surface area contributed by atoms with E-state index in [1.807, 2.05) is 0 Å². The van der Waals surface area contributed by atoms with Gasteiger partial charge in [0, 0.05) is 22.8 Å². The van der Waals surface area contributed by atoms with Crippen LogP contribution in [0.4, 0.5) is 0 Å². The average Bonchev–Trinajstić information content (AvgIpc) is 3.47. The number of rotatable bonds is 25. The molecule has 2 aromatic rings. The second-order valence-electron chi connectivity index (χ2n) is 14.4. The number of unbranched alkanes of at least 4 members (excludes halogenated alkanes) is 7. The van der Waals surface area contributed by atoms with Gasteiger partial charge in [-0.3, -0.25) is 0 Å². The number of hydrogen-bond acceptors (Lipinski definition) is 2. The van der Waals surface area contributed by atoms with Crippen LogP contribution in [0.2, 0.25) is 0 Å². The Hall–Kier alpha value is -2.07. The van der Waals surface area contributed by atoms with Crippen LogP contribution in [0.25, 0.3) is 16.9 Å². The Labute approximate surface area is 321 Å². The molecule has 3 rings (SSSR count). The number of aryl methyl sites for hydroxylation is 4. The van der Waals surface area contributed by atoms with Gasteiger partial charge >= 0.3 is 75.6 Å². The molecule has 51 heavy (non-hydrogen) atoms. The molecule has 0 fully saturated rings. The Bertz CT molecular complexity index is 1310. The Kier molecular flexibility index (Phi) is 23.6. The monoisotopic (exact) mass is 745 g/mol. The fourth-order valence-electron chi connectivity index (χ4n) is 6.55. The fraction of sp³-hybridized carbons (Fsp3) is 0.652. The van der Waals surface area contributed by atoms with Crippen molar-refractivity contribution < 1.29 is 27.5 Å². The van der Waals surface area contributed by atoms with E-state index >= 15 is 0 Å². The topological polar surface area (TPSA) is 43.8 Å². The third kappa shape index (κ3) is 15.1. The second kappa shape index (κ2) is 26.7. The maximum absolute atomic E-state index is 11.9. The zero-order valence-corrected chi connectivity index (χ0v) is 35.3. The molecule has 0 bridgehead atoms. The van der Waals surface area contributed by atoms with E-state index in [4.69, 9.17) is 7.76 Å². The van der Waals surface area contributed by atoms with E-state index in [1.165, 1.54) is 114 Å². The van der Waals surface area contributed by atoms with Crippen LogP contribution in [0, 0.1) is 13.8 Å². The Balaban J connectivity index is 0.000000705. The molecule has 0 spiro atoms. The van der Waals surface area contributed by atoms with Crippen LogP contribution in [0.3, 0.4) is 0 Å². The fourth-order valence-corrected chi connectivity index (χ4v) is 7.08. The molecular formula is C46H74N2NiO2. The van der Waals surface area contributed by atoms with Crippen molar-refractivity contribution >= 4 is 11.4 Å². The molecule has 0 aliphatic carbocycles. The molecule has 1 aliphatic heterocycles. The molecule has 2 aromatic carbocycles. The predicted molar refractivity (Wildman–Crippen MR) is 217 cm³/mol. The van der Waals surface area contributed by atoms with Gasteiger partial charge in [-0.15, -0.1) is 0 Å². The predicted octanol–water partition coefficient (Wildman–Crippen LogP) is 14.2. The first-order valence-corrected chi connectivity index (χ1v) is 21.6.